The molecule has 2 heterocycles. The number of likely N-dealkylation sites (N-methyl/N-ethyl adjacent to an activating group) is 1. The molecule has 3 rings (SSSR count). The molecule has 166 valence electrons. The Hall–Kier alpha value is -2.78. The molecule has 0 aromatic heterocycles. The monoisotopic (exact) mass is 444 g/mol. The van der Waals surface area contributed by atoms with E-state index in [1.54, 1.807) is 43.6 Å². The van der Waals surface area contributed by atoms with E-state index in [1.165, 1.54) is 7.05 Å². The molecule has 0 amide bonds. The quantitative estimate of drug-likeness (QED) is 0.509. The standard InChI is InChI=1S/C22H28N4O4S/c1-5-30-22(27)20(12-15(2)3)26(4)31(28,29)17-8-6-16(7-9-17)13-21-24-18-10-11-23-14-19(18)25-21/h6-11,14-15,20,23H,5,12-13H2,1-4H3/t20-/m0/s1. The molecule has 8 nitrogen and oxygen atoms in total. The first-order valence-electron chi connectivity index (χ1n) is 10.3. The Morgan fingerprint density at radius 2 is 1.81 bits per heavy atom. The van der Waals surface area contributed by atoms with Crippen LogP contribution in [0, 0.1) is 5.92 Å². The van der Waals surface area contributed by atoms with Gasteiger partial charge in [-0.15, -0.1) is 0 Å². The van der Waals surface area contributed by atoms with Crippen molar-refractivity contribution >= 4 is 16.0 Å². The number of carbonyl (C=O) groups is 1. The fraction of sp³-hybridized carbons (Fsp3) is 0.409. The van der Waals surface area contributed by atoms with Gasteiger partial charge in [0.15, 0.2) is 0 Å². The Bertz CT molecular complexity index is 1060. The molecule has 2 aliphatic heterocycles. The third-order valence-corrected chi connectivity index (χ3v) is 6.85. The van der Waals surface area contributed by atoms with Crippen molar-refractivity contribution in [1.29, 1.82) is 0 Å². The predicted octanol–water partition coefficient (Wildman–Crippen LogP) is 3.10. The van der Waals surface area contributed by atoms with Crippen LogP contribution in [0.5, 0.6) is 0 Å². The van der Waals surface area contributed by atoms with E-state index in [2.05, 4.69) is 15.0 Å². The zero-order valence-electron chi connectivity index (χ0n) is 18.2. The van der Waals surface area contributed by atoms with E-state index < -0.39 is 22.0 Å². The first-order chi connectivity index (χ1) is 14.7. The van der Waals surface area contributed by atoms with Crippen LogP contribution in [0.4, 0.5) is 0 Å². The van der Waals surface area contributed by atoms with E-state index in [-0.39, 0.29) is 17.4 Å². The molecular formula is C22H28N4O4S. The number of rotatable bonds is 9. The van der Waals surface area contributed by atoms with Gasteiger partial charge in [-0.1, -0.05) is 26.0 Å². The highest BCUT2D eigenvalue weighted by molar-refractivity contribution is 7.89. The summed E-state index contributed by atoms with van der Waals surface area (Å²) in [7, 11) is -2.44. The SMILES string of the molecule is CCOC(=O)[C@H](CC(C)C)N(C)S(=O)(=O)c1ccc(Cc2nc3cc[nH]cc-3n2)cc1. The summed E-state index contributed by atoms with van der Waals surface area (Å²) in [5.74, 6) is 0.269. The fourth-order valence-electron chi connectivity index (χ4n) is 3.35. The molecule has 0 saturated heterocycles. The number of hydrogen-bond acceptors (Lipinski definition) is 6. The highest BCUT2D eigenvalue weighted by atomic mass is 32.2. The van der Waals surface area contributed by atoms with E-state index in [4.69, 9.17) is 4.74 Å². The number of benzene rings is 1. The van der Waals surface area contributed by atoms with E-state index >= 15 is 0 Å². The van der Waals surface area contributed by atoms with Crippen LogP contribution in [0.1, 0.15) is 38.6 Å². The van der Waals surface area contributed by atoms with E-state index in [0.29, 0.717) is 18.7 Å². The molecule has 1 atom stereocenters. The summed E-state index contributed by atoms with van der Waals surface area (Å²) in [5.41, 5.74) is 2.49. The van der Waals surface area contributed by atoms with Crippen molar-refractivity contribution in [3.05, 3.63) is 54.1 Å². The van der Waals surface area contributed by atoms with Crippen molar-refractivity contribution in [1.82, 2.24) is 19.3 Å². The van der Waals surface area contributed by atoms with Gasteiger partial charge in [-0.25, -0.2) is 18.4 Å². The molecule has 0 fully saturated rings. The van der Waals surface area contributed by atoms with Crippen molar-refractivity contribution in [3.8, 4) is 11.4 Å². The van der Waals surface area contributed by atoms with Crippen LogP contribution in [0.2, 0.25) is 0 Å². The molecule has 1 N–H and O–H groups in total. The maximum atomic E-state index is 13.1. The smallest absolute Gasteiger partial charge is 0.324 e. The average Bonchev–Trinajstić information content (AvgIpc) is 3.14. The molecule has 2 aliphatic rings. The topological polar surface area (TPSA) is 105 Å². The predicted molar refractivity (Wildman–Crippen MR) is 117 cm³/mol. The molecule has 0 aliphatic carbocycles. The molecule has 9 heteroatoms. The minimum absolute atomic E-state index is 0.125. The van der Waals surface area contributed by atoms with Gasteiger partial charge in [0.25, 0.3) is 0 Å². The highest BCUT2D eigenvalue weighted by Crippen LogP contribution is 2.23. The Balaban J connectivity index is 1.79. The molecule has 0 unspecified atom stereocenters. The third kappa shape index (κ3) is 5.29. The van der Waals surface area contributed by atoms with Crippen molar-refractivity contribution in [2.75, 3.05) is 13.7 Å². The van der Waals surface area contributed by atoms with Gasteiger partial charge < -0.3 is 9.72 Å². The lowest BCUT2D eigenvalue weighted by atomic mass is 10.0. The summed E-state index contributed by atoms with van der Waals surface area (Å²) >= 11 is 0. The van der Waals surface area contributed by atoms with Crippen LogP contribution in [0.3, 0.4) is 0 Å². The summed E-state index contributed by atoms with van der Waals surface area (Å²) < 4.78 is 32.5. The third-order valence-electron chi connectivity index (χ3n) is 4.97. The number of aromatic amines is 1. The first-order valence-corrected chi connectivity index (χ1v) is 11.7. The van der Waals surface area contributed by atoms with Gasteiger partial charge in [-0.2, -0.15) is 4.31 Å². The lowest BCUT2D eigenvalue weighted by molar-refractivity contribution is -0.147. The molecule has 0 saturated carbocycles. The minimum Gasteiger partial charge on any atom is -0.465 e. The van der Waals surface area contributed by atoms with Crippen LogP contribution in [-0.2, 0) is 26.0 Å². The molecule has 0 bridgehead atoms. The molecule has 1 aromatic carbocycles. The Morgan fingerprint density at radius 3 is 2.42 bits per heavy atom. The zero-order chi connectivity index (χ0) is 22.6. The second kappa shape index (κ2) is 9.57. The van der Waals surface area contributed by atoms with Gasteiger partial charge in [-0.3, -0.25) is 4.79 Å². The van der Waals surface area contributed by atoms with Gasteiger partial charge in [-0.05, 0) is 43.0 Å². The van der Waals surface area contributed by atoms with Crippen molar-refractivity contribution in [2.45, 2.75) is 44.6 Å². The van der Waals surface area contributed by atoms with Crippen molar-refractivity contribution in [3.63, 3.8) is 0 Å². The van der Waals surface area contributed by atoms with Gasteiger partial charge >= 0.3 is 5.97 Å². The number of ether oxygens (including phenoxy) is 1. The van der Waals surface area contributed by atoms with Gasteiger partial charge in [0.05, 0.1) is 17.2 Å². The number of fused-ring (bicyclic) bond motifs is 1. The lowest BCUT2D eigenvalue weighted by Crippen LogP contribution is -2.44. The van der Waals surface area contributed by atoms with Crippen LogP contribution >= 0.6 is 0 Å². The van der Waals surface area contributed by atoms with Crippen LogP contribution < -0.4 is 0 Å². The first kappa shape index (κ1) is 22.9. The number of carbonyl (C=O) groups excluding carboxylic acids is 1. The summed E-state index contributed by atoms with van der Waals surface area (Å²) in [5, 5.41) is 0. The molecular weight excluding hydrogens is 416 g/mol. The maximum Gasteiger partial charge on any atom is 0.324 e. The normalized spacial score (nSPS) is 13.1. The Morgan fingerprint density at radius 1 is 1.13 bits per heavy atom. The number of hydrogen-bond donors (Lipinski definition) is 1. The van der Waals surface area contributed by atoms with Crippen LogP contribution in [-0.4, -0.2) is 53.3 Å². The number of imidazole rings is 1. The van der Waals surface area contributed by atoms with Gasteiger partial charge in [0.1, 0.15) is 17.6 Å². The number of H-pyrrole nitrogens is 1. The summed E-state index contributed by atoms with van der Waals surface area (Å²) in [4.78, 5) is 24.4. The zero-order valence-corrected chi connectivity index (χ0v) is 19.0. The van der Waals surface area contributed by atoms with Crippen LogP contribution in [0.25, 0.3) is 11.4 Å². The Labute approximate surface area is 183 Å². The minimum atomic E-state index is -3.86. The Kier molecular flexibility index (Phi) is 7.07. The van der Waals surface area contributed by atoms with E-state index in [1.807, 2.05) is 19.9 Å². The van der Waals surface area contributed by atoms with E-state index in [9.17, 15) is 13.2 Å². The maximum absolute atomic E-state index is 13.1. The largest absolute Gasteiger partial charge is 0.465 e. The number of nitrogens with zero attached hydrogens (tertiary/aromatic N) is 3. The van der Waals surface area contributed by atoms with Gasteiger partial charge in [0, 0.05) is 25.9 Å². The average molecular weight is 445 g/mol. The molecule has 31 heavy (non-hydrogen) atoms. The fourth-order valence-corrected chi connectivity index (χ4v) is 4.67. The summed E-state index contributed by atoms with van der Waals surface area (Å²) in [6.07, 6.45) is 4.45. The molecule has 0 radical (unpaired) electrons. The second-order valence-corrected chi connectivity index (χ2v) is 9.79. The summed E-state index contributed by atoms with van der Waals surface area (Å²) in [6, 6.07) is 7.58. The summed E-state index contributed by atoms with van der Waals surface area (Å²) in [6.45, 7) is 5.78. The highest BCUT2D eigenvalue weighted by Gasteiger charge is 2.34. The van der Waals surface area contributed by atoms with Crippen LogP contribution in [0.15, 0.2) is 47.6 Å². The van der Waals surface area contributed by atoms with Crippen molar-refractivity contribution in [2.24, 2.45) is 5.92 Å². The number of sulfonamides is 1. The van der Waals surface area contributed by atoms with E-state index in [0.717, 1.165) is 21.3 Å². The number of pyridine rings is 1. The number of esters is 1. The lowest BCUT2D eigenvalue weighted by Gasteiger charge is -2.27. The van der Waals surface area contributed by atoms with Crippen molar-refractivity contribution < 1.29 is 17.9 Å². The second-order valence-electron chi connectivity index (χ2n) is 7.79. The van der Waals surface area contributed by atoms with Gasteiger partial charge in [0.2, 0.25) is 10.0 Å². The number of nitrogens with one attached hydrogen (secondary N) is 1. The molecule has 1 aromatic rings. The molecule has 0 spiro atoms. The number of aromatic nitrogens is 3.